The second kappa shape index (κ2) is 7.71. The van der Waals surface area contributed by atoms with Gasteiger partial charge in [-0.2, -0.15) is 0 Å². The maximum absolute atomic E-state index is 5.77. The Morgan fingerprint density at radius 1 is 0.950 bits per heavy atom. The van der Waals surface area contributed by atoms with Gasteiger partial charge in [-0.15, -0.1) is 0 Å². The minimum absolute atomic E-state index is 0.559. The highest BCUT2D eigenvalue weighted by Crippen LogP contribution is 2.14. The van der Waals surface area contributed by atoms with Crippen molar-refractivity contribution >= 4 is 0 Å². The van der Waals surface area contributed by atoms with Crippen molar-refractivity contribution in [3.05, 3.63) is 65.7 Å². The van der Waals surface area contributed by atoms with Crippen molar-refractivity contribution in [2.24, 2.45) is 0 Å². The van der Waals surface area contributed by atoms with Crippen molar-refractivity contribution < 1.29 is 4.74 Å². The average molecular weight is 269 g/mol. The second-order valence-corrected chi connectivity index (χ2v) is 5.11. The van der Waals surface area contributed by atoms with Crippen molar-refractivity contribution in [2.45, 2.75) is 39.5 Å². The zero-order chi connectivity index (χ0) is 14.2. The normalized spacial score (nSPS) is 12.1. The molecule has 2 heteroatoms. The lowest BCUT2D eigenvalue weighted by molar-refractivity contribution is 0.306. The van der Waals surface area contributed by atoms with Gasteiger partial charge in [-0.1, -0.05) is 49.4 Å². The van der Waals surface area contributed by atoms with Gasteiger partial charge < -0.3 is 10.1 Å². The smallest absolute Gasteiger partial charge is 0.119 e. The highest BCUT2D eigenvalue weighted by molar-refractivity contribution is 5.27. The second-order valence-electron chi connectivity index (χ2n) is 5.11. The van der Waals surface area contributed by atoms with Gasteiger partial charge in [0.25, 0.3) is 0 Å². The molecule has 0 spiro atoms. The number of nitrogens with one attached hydrogen (secondary N) is 1. The first-order valence-electron chi connectivity index (χ1n) is 7.27. The number of hydrogen-bond acceptors (Lipinski definition) is 2. The van der Waals surface area contributed by atoms with E-state index in [-0.39, 0.29) is 0 Å². The van der Waals surface area contributed by atoms with Crippen molar-refractivity contribution in [3.63, 3.8) is 0 Å². The number of ether oxygens (including phenoxy) is 1. The zero-order valence-corrected chi connectivity index (χ0v) is 12.3. The molecule has 20 heavy (non-hydrogen) atoms. The van der Waals surface area contributed by atoms with E-state index in [2.05, 4.69) is 43.4 Å². The first kappa shape index (κ1) is 14.6. The van der Waals surface area contributed by atoms with Gasteiger partial charge in [-0.05, 0) is 36.6 Å². The zero-order valence-electron chi connectivity index (χ0n) is 12.3. The Bertz CT molecular complexity index is 493. The minimum atomic E-state index is 0.559. The molecule has 2 rings (SSSR count). The Hall–Kier alpha value is -1.80. The van der Waals surface area contributed by atoms with Crippen molar-refractivity contribution in [1.82, 2.24) is 5.32 Å². The van der Waals surface area contributed by atoms with Crippen molar-refractivity contribution in [1.29, 1.82) is 0 Å². The quantitative estimate of drug-likeness (QED) is 0.815. The van der Waals surface area contributed by atoms with Gasteiger partial charge in [0.2, 0.25) is 0 Å². The molecule has 1 atom stereocenters. The molecule has 2 aromatic rings. The van der Waals surface area contributed by atoms with E-state index in [0.29, 0.717) is 12.6 Å². The van der Waals surface area contributed by atoms with Gasteiger partial charge in [0.05, 0.1) is 0 Å². The molecule has 0 fully saturated rings. The van der Waals surface area contributed by atoms with Crippen LogP contribution in [0.3, 0.4) is 0 Å². The third kappa shape index (κ3) is 4.71. The van der Waals surface area contributed by atoms with Crippen LogP contribution >= 0.6 is 0 Å². The van der Waals surface area contributed by atoms with E-state index in [4.69, 9.17) is 4.74 Å². The van der Waals surface area contributed by atoms with Crippen LogP contribution in [0.15, 0.2) is 54.6 Å². The molecular formula is C18H23NO. The van der Waals surface area contributed by atoms with Crippen LogP contribution in [0.25, 0.3) is 0 Å². The Labute approximate surface area is 121 Å². The standard InChI is InChI=1S/C18H23NO/c1-3-15(2)19-13-16-9-11-18(12-10-16)20-14-17-7-5-4-6-8-17/h4-12,15,19H,3,13-14H2,1-2H3/t15-/m0/s1. The van der Waals surface area contributed by atoms with Crippen molar-refractivity contribution in [2.75, 3.05) is 0 Å². The molecule has 0 saturated heterocycles. The molecule has 106 valence electrons. The Kier molecular flexibility index (Phi) is 5.63. The molecule has 0 aliphatic carbocycles. The van der Waals surface area contributed by atoms with E-state index >= 15 is 0 Å². The fourth-order valence-electron chi connectivity index (χ4n) is 1.88. The molecule has 2 aromatic carbocycles. The highest BCUT2D eigenvalue weighted by atomic mass is 16.5. The van der Waals surface area contributed by atoms with Crippen LogP contribution in [0.1, 0.15) is 31.4 Å². The Balaban J connectivity index is 1.82. The predicted molar refractivity (Wildman–Crippen MR) is 83.8 cm³/mol. The maximum atomic E-state index is 5.77. The first-order valence-corrected chi connectivity index (χ1v) is 7.27. The summed E-state index contributed by atoms with van der Waals surface area (Å²) in [5, 5.41) is 3.49. The summed E-state index contributed by atoms with van der Waals surface area (Å²) < 4.78 is 5.77. The monoisotopic (exact) mass is 269 g/mol. The molecule has 1 N–H and O–H groups in total. The molecule has 0 heterocycles. The maximum Gasteiger partial charge on any atom is 0.119 e. The van der Waals surface area contributed by atoms with E-state index in [0.717, 1.165) is 18.7 Å². The average Bonchev–Trinajstić information content (AvgIpc) is 2.52. The van der Waals surface area contributed by atoms with Gasteiger partial charge in [-0.3, -0.25) is 0 Å². The van der Waals surface area contributed by atoms with Crippen LogP contribution in [-0.2, 0) is 13.2 Å². The van der Waals surface area contributed by atoms with Gasteiger partial charge in [0.1, 0.15) is 12.4 Å². The van der Waals surface area contributed by atoms with Gasteiger partial charge >= 0.3 is 0 Å². The fourth-order valence-corrected chi connectivity index (χ4v) is 1.88. The number of rotatable bonds is 7. The Morgan fingerprint density at radius 2 is 1.65 bits per heavy atom. The molecule has 0 amide bonds. The SMILES string of the molecule is CC[C@H](C)NCc1ccc(OCc2ccccc2)cc1. The van der Waals surface area contributed by atoms with Crippen LogP contribution in [0.5, 0.6) is 5.75 Å². The molecule has 0 aromatic heterocycles. The molecule has 0 saturated carbocycles. The summed E-state index contributed by atoms with van der Waals surface area (Å²) >= 11 is 0. The van der Waals surface area contributed by atoms with Crippen LogP contribution in [0.2, 0.25) is 0 Å². The third-order valence-electron chi connectivity index (χ3n) is 3.44. The van der Waals surface area contributed by atoms with Gasteiger partial charge in [0, 0.05) is 12.6 Å². The minimum Gasteiger partial charge on any atom is -0.489 e. The van der Waals surface area contributed by atoms with Crippen molar-refractivity contribution in [3.8, 4) is 5.75 Å². The number of benzene rings is 2. The number of hydrogen-bond donors (Lipinski definition) is 1. The molecule has 0 bridgehead atoms. The topological polar surface area (TPSA) is 21.3 Å². The summed E-state index contributed by atoms with van der Waals surface area (Å²) in [6.45, 7) is 5.93. The van der Waals surface area contributed by atoms with E-state index in [1.54, 1.807) is 0 Å². The van der Waals surface area contributed by atoms with Crippen LogP contribution in [0, 0.1) is 0 Å². The van der Waals surface area contributed by atoms with Gasteiger partial charge in [0.15, 0.2) is 0 Å². The van der Waals surface area contributed by atoms with E-state index < -0.39 is 0 Å². The lowest BCUT2D eigenvalue weighted by Gasteiger charge is -2.12. The molecule has 0 unspecified atom stereocenters. The van der Waals surface area contributed by atoms with E-state index in [9.17, 15) is 0 Å². The summed E-state index contributed by atoms with van der Waals surface area (Å²) in [5.74, 6) is 0.918. The lowest BCUT2D eigenvalue weighted by Crippen LogP contribution is -2.24. The van der Waals surface area contributed by atoms with E-state index in [1.807, 2.05) is 30.3 Å². The summed E-state index contributed by atoms with van der Waals surface area (Å²) in [7, 11) is 0. The summed E-state index contributed by atoms with van der Waals surface area (Å²) in [6, 6.07) is 19.1. The molecule has 0 radical (unpaired) electrons. The summed E-state index contributed by atoms with van der Waals surface area (Å²) in [4.78, 5) is 0. The molecular weight excluding hydrogens is 246 g/mol. The largest absolute Gasteiger partial charge is 0.489 e. The van der Waals surface area contributed by atoms with Crippen LogP contribution < -0.4 is 10.1 Å². The highest BCUT2D eigenvalue weighted by Gasteiger charge is 1.99. The van der Waals surface area contributed by atoms with Crippen LogP contribution in [0.4, 0.5) is 0 Å². The lowest BCUT2D eigenvalue weighted by atomic mass is 10.2. The van der Waals surface area contributed by atoms with Gasteiger partial charge in [-0.25, -0.2) is 0 Å². The predicted octanol–water partition coefficient (Wildman–Crippen LogP) is 4.15. The third-order valence-corrected chi connectivity index (χ3v) is 3.44. The van der Waals surface area contributed by atoms with E-state index in [1.165, 1.54) is 11.1 Å². The molecule has 2 nitrogen and oxygen atoms in total. The molecule has 0 aliphatic rings. The van der Waals surface area contributed by atoms with Crippen LogP contribution in [-0.4, -0.2) is 6.04 Å². The summed E-state index contributed by atoms with van der Waals surface area (Å²) in [5.41, 5.74) is 2.48. The first-order chi connectivity index (χ1) is 9.78. The summed E-state index contributed by atoms with van der Waals surface area (Å²) in [6.07, 6.45) is 1.15. The fraction of sp³-hybridized carbons (Fsp3) is 0.333. The molecule has 0 aliphatic heterocycles. The Morgan fingerprint density at radius 3 is 2.30 bits per heavy atom.